The normalized spacial score (nSPS) is 19.2. The molecule has 0 aliphatic carbocycles. The molecule has 1 aromatic heterocycles. The molecule has 0 radical (unpaired) electrons. The maximum atomic E-state index is 11.6. The van der Waals surface area contributed by atoms with Gasteiger partial charge in [-0.3, -0.25) is 9.59 Å². The standard InChI is InChI=1S/C11H15N3O3S/c1-17-9(15)5-7-6-18-11(13-7)14-8-3-2-4-12-10(8)16/h6,8H,2-5H2,1H3,(H,12,16)(H,13,14). The summed E-state index contributed by atoms with van der Waals surface area (Å²) in [6.45, 7) is 0.739. The first-order valence-electron chi connectivity index (χ1n) is 5.74. The highest BCUT2D eigenvalue weighted by atomic mass is 32.1. The van der Waals surface area contributed by atoms with Gasteiger partial charge in [0.05, 0.1) is 19.2 Å². The number of aromatic nitrogens is 1. The predicted octanol–water partition coefficient (Wildman–Crippen LogP) is 0.549. The van der Waals surface area contributed by atoms with Crippen LogP contribution in [0.2, 0.25) is 0 Å². The van der Waals surface area contributed by atoms with E-state index in [1.807, 2.05) is 0 Å². The molecular formula is C11H15N3O3S. The van der Waals surface area contributed by atoms with Crippen LogP contribution in [0.25, 0.3) is 0 Å². The fraction of sp³-hybridized carbons (Fsp3) is 0.545. The number of hydrogen-bond acceptors (Lipinski definition) is 6. The van der Waals surface area contributed by atoms with Gasteiger partial charge in [0, 0.05) is 11.9 Å². The summed E-state index contributed by atoms with van der Waals surface area (Å²) in [5, 5.41) is 8.34. The van der Waals surface area contributed by atoms with E-state index < -0.39 is 0 Å². The summed E-state index contributed by atoms with van der Waals surface area (Å²) in [5.41, 5.74) is 0.658. The number of amides is 1. The Kier molecular flexibility index (Phi) is 4.14. The van der Waals surface area contributed by atoms with Crippen molar-refractivity contribution in [2.75, 3.05) is 19.0 Å². The largest absolute Gasteiger partial charge is 0.469 e. The third kappa shape index (κ3) is 3.19. The van der Waals surface area contributed by atoms with Crippen molar-refractivity contribution in [1.29, 1.82) is 0 Å². The van der Waals surface area contributed by atoms with E-state index in [1.165, 1.54) is 18.4 Å². The monoisotopic (exact) mass is 269 g/mol. The number of piperidine rings is 1. The zero-order valence-electron chi connectivity index (χ0n) is 10.1. The lowest BCUT2D eigenvalue weighted by Crippen LogP contribution is -2.44. The molecular weight excluding hydrogens is 254 g/mol. The van der Waals surface area contributed by atoms with E-state index in [4.69, 9.17) is 0 Å². The van der Waals surface area contributed by atoms with Gasteiger partial charge < -0.3 is 15.4 Å². The summed E-state index contributed by atoms with van der Waals surface area (Å²) < 4.78 is 4.57. The van der Waals surface area contributed by atoms with Gasteiger partial charge in [-0.25, -0.2) is 4.98 Å². The number of rotatable bonds is 4. The number of methoxy groups -OCH3 is 1. The van der Waals surface area contributed by atoms with Crippen molar-refractivity contribution < 1.29 is 14.3 Å². The van der Waals surface area contributed by atoms with E-state index in [1.54, 1.807) is 5.38 Å². The van der Waals surface area contributed by atoms with E-state index in [0.29, 0.717) is 10.8 Å². The summed E-state index contributed by atoms with van der Waals surface area (Å²) in [4.78, 5) is 26.9. The molecule has 0 aromatic carbocycles. The number of carbonyl (C=O) groups is 2. The number of nitrogens with zero attached hydrogens (tertiary/aromatic N) is 1. The number of anilines is 1. The molecule has 0 spiro atoms. The van der Waals surface area contributed by atoms with Crippen LogP contribution in [0.5, 0.6) is 0 Å². The SMILES string of the molecule is COC(=O)Cc1csc(NC2CCCNC2=O)n1. The van der Waals surface area contributed by atoms with Crippen LogP contribution in [-0.4, -0.2) is 36.6 Å². The molecule has 18 heavy (non-hydrogen) atoms. The molecule has 7 heteroatoms. The van der Waals surface area contributed by atoms with E-state index in [9.17, 15) is 9.59 Å². The zero-order chi connectivity index (χ0) is 13.0. The molecule has 1 unspecified atom stereocenters. The molecule has 2 rings (SSSR count). The number of thiazole rings is 1. The van der Waals surface area contributed by atoms with Gasteiger partial charge in [-0.05, 0) is 12.8 Å². The average Bonchev–Trinajstić information content (AvgIpc) is 2.79. The maximum Gasteiger partial charge on any atom is 0.311 e. The van der Waals surface area contributed by atoms with Crippen molar-refractivity contribution in [3.63, 3.8) is 0 Å². The summed E-state index contributed by atoms with van der Waals surface area (Å²) in [7, 11) is 1.35. The second kappa shape index (κ2) is 5.81. The minimum atomic E-state index is -0.317. The maximum absolute atomic E-state index is 11.6. The van der Waals surface area contributed by atoms with Crippen LogP contribution in [-0.2, 0) is 20.7 Å². The molecule has 6 nitrogen and oxygen atoms in total. The van der Waals surface area contributed by atoms with Crippen LogP contribution in [0.4, 0.5) is 5.13 Å². The smallest absolute Gasteiger partial charge is 0.311 e. The quantitative estimate of drug-likeness (QED) is 0.780. The first kappa shape index (κ1) is 12.8. The lowest BCUT2D eigenvalue weighted by atomic mass is 10.1. The highest BCUT2D eigenvalue weighted by Gasteiger charge is 2.22. The highest BCUT2D eigenvalue weighted by Crippen LogP contribution is 2.19. The molecule has 1 aromatic rings. The predicted molar refractivity (Wildman–Crippen MR) is 67.5 cm³/mol. The van der Waals surface area contributed by atoms with E-state index in [0.717, 1.165) is 19.4 Å². The summed E-state index contributed by atoms with van der Waals surface area (Å²) >= 11 is 1.39. The minimum Gasteiger partial charge on any atom is -0.469 e. The van der Waals surface area contributed by atoms with Gasteiger partial charge in [0.25, 0.3) is 0 Å². The van der Waals surface area contributed by atoms with Gasteiger partial charge in [-0.2, -0.15) is 0 Å². The molecule has 0 saturated carbocycles. The molecule has 2 N–H and O–H groups in total. The van der Waals surface area contributed by atoms with Crippen molar-refractivity contribution in [2.24, 2.45) is 0 Å². The van der Waals surface area contributed by atoms with Crippen LogP contribution in [0.3, 0.4) is 0 Å². The van der Waals surface area contributed by atoms with Crippen LogP contribution in [0, 0.1) is 0 Å². The van der Waals surface area contributed by atoms with Crippen molar-refractivity contribution in [1.82, 2.24) is 10.3 Å². The third-order valence-corrected chi connectivity index (χ3v) is 3.51. The Morgan fingerprint density at radius 1 is 1.72 bits per heavy atom. The molecule has 1 amide bonds. The van der Waals surface area contributed by atoms with Crippen molar-refractivity contribution >= 4 is 28.3 Å². The molecule has 0 bridgehead atoms. The summed E-state index contributed by atoms with van der Waals surface area (Å²) in [6.07, 6.45) is 1.92. The number of carbonyl (C=O) groups excluding carboxylic acids is 2. The lowest BCUT2D eigenvalue weighted by molar-refractivity contribution is -0.139. The first-order valence-corrected chi connectivity index (χ1v) is 6.62. The van der Waals surface area contributed by atoms with Crippen LogP contribution < -0.4 is 10.6 Å². The van der Waals surface area contributed by atoms with Gasteiger partial charge in [0.2, 0.25) is 5.91 Å². The van der Waals surface area contributed by atoms with Crippen LogP contribution in [0.15, 0.2) is 5.38 Å². The molecule has 1 atom stereocenters. The fourth-order valence-corrected chi connectivity index (χ4v) is 2.50. The van der Waals surface area contributed by atoms with Crippen LogP contribution in [0.1, 0.15) is 18.5 Å². The lowest BCUT2D eigenvalue weighted by Gasteiger charge is -2.22. The first-order chi connectivity index (χ1) is 8.69. The van der Waals surface area contributed by atoms with Crippen molar-refractivity contribution in [2.45, 2.75) is 25.3 Å². The van der Waals surface area contributed by atoms with Gasteiger partial charge >= 0.3 is 5.97 Å². The second-order valence-corrected chi connectivity index (χ2v) is 4.89. The molecule has 1 aliphatic heterocycles. The Labute approximate surface area is 109 Å². The van der Waals surface area contributed by atoms with Gasteiger partial charge in [0.1, 0.15) is 6.04 Å². The summed E-state index contributed by atoms with van der Waals surface area (Å²) in [5.74, 6) is -0.312. The van der Waals surface area contributed by atoms with Crippen molar-refractivity contribution in [3.05, 3.63) is 11.1 Å². The molecule has 98 valence electrons. The Hall–Kier alpha value is -1.63. The Morgan fingerprint density at radius 2 is 2.56 bits per heavy atom. The highest BCUT2D eigenvalue weighted by molar-refractivity contribution is 7.13. The second-order valence-electron chi connectivity index (χ2n) is 4.03. The third-order valence-electron chi connectivity index (χ3n) is 2.69. The Bertz CT molecular complexity index is 446. The summed E-state index contributed by atoms with van der Waals surface area (Å²) in [6, 6.07) is -0.226. The molecule has 2 heterocycles. The number of ether oxygens (including phenoxy) is 1. The Morgan fingerprint density at radius 3 is 3.28 bits per heavy atom. The fourth-order valence-electron chi connectivity index (χ4n) is 1.73. The van der Waals surface area contributed by atoms with E-state index in [-0.39, 0.29) is 24.3 Å². The van der Waals surface area contributed by atoms with Gasteiger partial charge in [-0.15, -0.1) is 11.3 Å². The van der Waals surface area contributed by atoms with E-state index in [2.05, 4.69) is 20.4 Å². The number of hydrogen-bond donors (Lipinski definition) is 2. The van der Waals surface area contributed by atoms with Gasteiger partial charge in [-0.1, -0.05) is 0 Å². The molecule has 1 aliphatic rings. The number of esters is 1. The topological polar surface area (TPSA) is 80.3 Å². The average molecular weight is 269 g/mol. The Balaban J connectivity index is 1.93. The molecule has 1 saturated heterocycles. The zero-order valence-corrected chi connectivity index (χ0v) is 10.9. The molecule has 1 fully saturated rings. The van der Waals surface area contributed by atoms with Crippen molar-refractivity contribution in [3.8, 4) is 0 Å². The number of nitrogens with one attached hydrogen (secondary N) is 2. The van der Waals surface area contributed by atoms with Crippen LogP contribution >= 0.6 is 11.3 Å². The van der Waals surface area contributed by atoms with E-state index >= 15 is 0 Å². The minimum absolute atomic E-state index is 0.00553. The van der Waals surface area contributed by atoms with Gasteiger partial charge in [0.15, 0.2) is 5.13 Å².